The van der Waals surface area contributed by atoms with Crippen molar-refractivity contribution in [2.24, 2.45) is 0 Å². The van der Waals surface area contributed by atoms with Crippen molar-refractivity contribution >= 4 is 7.82 Å². The largest absolute Gasteiger partial charge is 0.472 e. The van der Waals surface area contributed by atoms with Crippen LogP contribution in [0.1, 0.15) is 64.7 Å². The van der Waals surface area contributed by atoms with Gasteiger partial charge in [-0.1, -0.05) is 58.3 Å². The molecule has 0 aliphatic heterocycles. The minimum Gasteiger partial charge on any atom is -0.387 e. The van der Waals surface area contributed by atoms with Crippen LogP contribution in [0.5, 0.6) is 0 Å². The summed E-state index contributed by atoms with van der Waals surface area (Å²) in [6.45, 7) is 2.14. The van der Waals surface area contributed by atoms with Crippen LogP contribution in [0.25, 0.3) is 0 Å². The molecule has 3 unspecified atom stereocenters. The molecule has 10 heteroatoms. The van der Waals surface area contributed by atoms with Gasteiger partial charge in [0.15, 0.2) is 0 Å². The van der Waals surface area contributed by atoms with Gasteiger partial charge in [0.05, 0.1) is 6.61 Å². The molecular formula is C17H35O9P. The van der Waals surface area contributed by atoms with Gasteiger partial charge in [-0.15, -0.1) is 0 Å². The summed E-state index contributed by atoms with van der Waals surface area (Å²) in [6, 6.07) is 0. The van der Waals surface area contributed by atoms with Crippen LogP contribution in [0, 0.1) is 0 Å². The zero-order valence-electron chi connectivity index (χ0n) is 15.9. The molecule has 27 heavy (non-hydrogen) atoms. The summed E-state index contributed by atoms with van der Waals surface area (Å²) in [5.74, 6) is 0. The summed E-state index contributed by atoms with van der Waals surface area (Å²) < 4.78 is 21.5. The van der Waals surface area contributed by atoms with Gasteiger partial charge in [-0.3, -0.25) is 9.05 Å². The van der Waals surface area contributed by atoms with Gasteiger partial charge < -0.3 is 30.4 Å². The number of phosphoric ester groups is 1. The predicted octanol–water partition coefficient (Wildman–Crippen LogP) is 0.837. The molecule has 162 valence electrons. The minimum absolute atomic E-state index is 0.0315. The first-order valence-corrected chi connectivity index (χ1v) is 11.3. The van der Waals surface area contributed by atoms with Crippen LogP contribution in [-0.2, 0) is 13.6 Å². The summed E-state index contributed by atoms with van der Waals surface area (Å²) in [5.41, 5.74) is 0. The molecule has 0 saturated heterocycles. The maximum absolute atomic E-state index is 12.0. The molecule has 6 N–H and O–H groups in total. The van der Waals surface area contributed by atoms with E-state index in [1.165, 1.54) is 32.1 Å². The Hall–Kier alpha value is -0.0900. The average Bonchev–Trinajstić information content (AvgIpc) is 2.63. The van der Waals surface area contributed by atoms with Gasteiger partial charge in [-0.2, -0.15) is 0 Å². The first-order chi connectivity index (χ1) is 12.7. The Morgan fingerprint density at radius 2 is 1.11 bits per heavy atom. The third-order valence-electron chi connectivity index (χ3n) is 4.83. The van der Waals surface area contributed by atoms with Crippen molar-refractivity contribution < 1.29 is 44.0 Å². The van der Waals surface area contributed by atoms with Crippen molar-refractivity contribution in [3.8, 4) is 0 Å². The Balaban J connectivity index is 2.26. The molecule has 1 rings (SSSR count). The van der Waals surface area contributed by atoms with E-state index in [1.54, 1.807) is 0 Å². The van der Waals surface area contributed by atoms with E-state index in [4.69, 9.17) is 9.05 Å². The van der Waals surface area contributed by atoms with Gasteiger partial charge in [0.25, 0.3) is 0 Å². The van der Waals surface area contributed by atoms with Crippen LogP contribution in [0.4, 0.5) is 0 Å². The Labute approximate surface area is 160 Å². The number of aliphatic hydroxyl groups is 5. The van der Waals surface area contributed by atoms with Gasteiger partial charge in [-0.05, 0) is 6.42 Å². The molecule has 0 aromatic carbocycles. The predicted molar refractivity (Wildman–Crippen MR) is 97.9 cm³/mol. The van der Waals surface area contributed by atoms with Crippen LogP contribution in [0.15, 0.2) is 0 Å². The SMILES string of the molecule is CCCCCCCCCCCOP(=O)(O)OC1[C@H](O)[C@H](O)C(O)[C@H](O)[C@H]1O. The lowest BCUT2D eigenvalue weighted by Crippen LogP contribution is -2.64. The Morgan fingerprint density at radius 1 is 0.704 bits per heavy atom. The van der Waals surface area contributed by atoms with Crippen molar-refractivity contribution in [2.45, 2.75) is 101 Å². The van der Waals surface area contributed by atoms with E-state index in [2.05, 4.69) is 6.92 Å². The minimum atomic E-state index is -4.61. The second-order valence-electron chi connectivity index (χ2n) is 7.15. The quantitative estimate of drug-likeness (QED) is 0.190. The highest BCUT2D eigenvalue weighted by atomic mass is 31.2. The van der Waals surface area contributed by atoms with Crippen molar-refractivity contribution in [1.82, 2.24) is 0 Å². The van der Waals surface area contributed by atoms with E-state index in [-0.39, 0.29) is 6.61 Å². The van der Waals surface area contributed by atoms with Crippen LogP contribution in [0.2, 0.25) is 0 Å². The molecule has 7 atom stereocenters. The number of unbranched alkanes of at least 4 members (excludes halogenated alkanes) is 8. The van der Waals surface area contributed by atoms with Gasteiger partial charge in [0.1, 0.15) is 36.6 Å². The fraction of sp³-hybridized carbons (Fsp3) is 1.00. The normalized spacial score (nSPS) is 33.7. The average molecular weight is 414 g/mol. The highest BCUT2D eigenvalue weighted by Crippen LogP contribution is 2.47. The van der Waals surface area contributed by atoms with E-state index >= 15 is 0 Å². The van der Waals surface area contributed by atoms with Crippen LogP contribution in [-0.4, -0.2) is 73.7 Å². The molecule has 0 aromatic rings. The van der Waals surface area contributed by atoms with Crippen molar-refractivity contribution in [3.05, 3.63) is 0 Å². The van der Waals surface area contributed by atoms with E-state index in [9.17, 15) is 35.0 Å². The smallest absolute Gasteiger partial charge is 0.387 e. The molecule has 1 fully saturated rings. The van der Waals surface area contributed by atoms with Crippen molar-refractivity contribution in [2.75, 3.05) is 6.61 Å². The highest BCUT2D eigenvalue weighted by Gasteiger charge is 2.51. The van der Waals surface area contributed by atoms with Gasteiger partial charge in [0.2, 0.25) is 0 Å². The van der Waals surface area contributed by atoms with Crippen LogP contribution < -0.4 is 0 Å². The number of aliphatic hydroxyl groups excluding tert-OH is 5. The topological polar surface area (TPSA) is 157 Å². The number of phosphoric acid groups is 1. The maximum Gasteiger partial charge on any atom is 0.472 e. The molecule has 1 aliphatic rings. The fourth-order valence-corrected chi connectivity index (χ4v) is 4.08. The second-order valence-corrected chi connectivity index (χ2v) is 8.56. The van der Waals surface area contributed by atoms with E-state index in [0.717, 1.165) is 19.3 Å². The standard InChI is InChI=1S/C17H35O9P/c1-2-3-4-5-6-7-8-9-10-11-25-27(23,24)26-17-15(21)13(19)12(18)14(20)16(17)22/h12-22H,2-11H2,1H3,(H,23,24)/t12?,13-,14+,15-,16-,17?/m1/s1. The molecular weight excluding hydrogens is 379 g/mol. The first-order valence-electron chi connectivity index (χ1n) is 9.77. The maximum atomic E-state index is 12.0. The van der Waals surface area contributed by atoms with Crippen LogP contribution >= 0.6 is 7.82 Å². The highest BCUT2D eigenvalue weighted by molar-refractivity contribution is 7.47. The number of hydrogen-bond acceptors (Lipinski definition) is 8. The summed E-state index contributed by atoms with van der Waals surface area (Å²) in [4.78, 5) is 9.73. The fourth-order valence-electron chi connectivity index (χ4n) is 3.10. The first kappa shape index (κ1) is 24.9. The molecule has 1 saturated carbocycles. The Morgan fingerprint density at radius 3 is 1.59 bits per heavy atom. The molecule has 1 aliphatic carbocycles. The van der Waals surface area contributed by atoms with Crippen molar-refractivity contribution in [1.29, 1.82) is 0 Å². The summed E-state index contributed by atoms with van der Waals surface area (Å²) in [5, 5.41) is 48.3. The lowest BCUT2D eigenvalue weighted by atomic mass is 9.85. The van der Waals surface area contributed by atoms with Gasteiger partial charge in [-0.25, -0.2) is 4.57 Å². The van der Waals surface area contributed by atoms with E-state index < -0.39 is 44.4 Å². The number of rotatable bonds is 13. The zero-order chi connectivity index (χ0) is 20.4. The molecule has 0 heterocycles. The van der Waals surface area contributed by atoms with Gasteiger partial charge in [0, 0.05) is 0 Å². The van der Waals surface area contributed by atoms with Crippen molar-refractivity contribution in [3.63, 3.8) is 0 Å². The molecule has 0 aromatic heterocycles. The van der Waals surface area contributed by atoms with E-state index in [0.29, 0.717) is 6.42 Å². The number of hydrogen-bond donors (Lipinski definition) is 6. The molecule has 0 bridgehead atoms. The molecule has 0 radical (unpaired) electrons. The van der Waals surface area contributed by atoms with Gasteiger partial charge >= 0.3 is 7.82 Å². The summed E-state index contributed by atoms with van der Waals surface area (Å²) in [7, 11) is -4.61. The molecule has 0 amide bonds. The van der Waals surface area contributed by atoms with E-state index in [1.807, 2.05) is 0 Å². The third kappa shape index (κ3) is 8.43. The van der Waals surface area contributed by atoms with Crippen LogP contribution in [0.3, 0.4) is 0 Å². The third-order valence-corrected chi connectivity index (χ3v) is 5.85. The lowest BCUT2D eigenvalue weighted by Gasteiger charge is -2.41. The second kappa shape index (κ2) is 12.5. The monoisotopic (exact) mass is 414 g/mol. The Bertz CT molecular complexity index is 434. The molecule has 0 spiro atoms. The lowest BCUT2D eigenvalue weighted by molar-refractivity contribution is -0.220. The summed E-state index contributed by atoms with van der Waals surface area (Å²) in [6.07, 6.45) is -1.28. The molecule has 9 nitrogen and oxygen atoms in total. The Kier molecular flexibility index (Phi) is 11.5. The zero-order valence-corrected chi connectivity index (χ0v) is 16.8. The summed E-state index contributed by atoms with van der Waals surface area (Å²) >= 11 is 0.